The van der Waals surface area contributed by atoms with Crippen LogP contribution in [0.5, 0.6) is 0 Å². The van der Waals surface area contributed by atoms with E-state index >= 15 is 0 Å². The third-order valence-electron chi connectivity index (χ3n) is 3.71. The molecule has 0 saturated heterocycles. The van der Waals surface area contributed by atoms with Crippen LogP contribution in [0.1, 0.15) is 31.2 Å². The molecule has 1 heterocycles. The van der Waals surface area contributed by atoms with E-state index in [1.54, 1.807) is 0 Å². The summed E-state index contributed by atoms with van der Waals surface area (Å²) in [5.74, 6) is 1.03. The van der Waals surface area contributed by atoms with Crippen molar-refractivity contribution < 1.29 is 0 Å². The molecular weight excluding hydrogens is 336 g/mol. The number of hydrogen-bond donors (Lipinski definition) is 0. The van der Waals surface area contributed by atoms with Gasteiger partial charge in [-0.2, -0.15) is 0 Å². The van der Waals surface area contributed by atoms with Crippen LogP contribution < -0.4 is 0 Å². The van der Waals surface area contributed by atoms with Crippen LogP contribution in [-0.4, -0.2) is 9.55 Å². The molecule has 2 aromatic carbocycles. The van der Waals surface area contributed by atoms with Crippen LogP contribution in [0.2, 0.25) is 0 Å². The molecule has 0 N–H and O–H groups in total. The maximum Gasteiger partial charge on any atom is 0.133 e. The van der Waals surface area contributed by atoms with Crippen molar-refractivity contribution in [2.24, 2.45) is 0 Å². The smallest absolute Gasteiger partial charge is 0.133 e. The minimum Gasteiger partial charge on any atom is -0.324 e. The van der Waals surface area contributed by atoms with Crippen molar-refractivity contribution >= 4 is 39.1 Å². The van der Waals surface area contributed by atoms with Gasteiger partial charge in [-0.25, -0.2) is 4.98 Å². The van der Waals surface area contributed by atoms with E-state index in [0.717, 1.165) is 22.4 Å². The van der Waals surface area contributed by atoms with Crippen molar-refractivity contribution in [2.45, 2.75) is 26.3 Å². The summed E-state index contributed by atoms with van der Waals surface area (Å²) in [6, 6.07) is 16.7. The van der Waals surface area contributed by atoms with Gasteiger partial charge in [-0.3, -0.25) is 0 Å². The summed E-state index contributed by atoms with van der Waals surface area (Å²) in [7, 11) is 0. The molecule has 0 amide bonds. The van der Waals surface area contributed by atoms with Gasteiger partial charge < -0.3 is 4.57 Å². The lowest BCUT2D eigenvalue weighted by atomic mass is 10.2. The third-order valence-corrected chi connectivity index (χ3v) is 4.24. The van der Waals surface area contributed by atoms with Gasteiger partial charge in [-0.15, -0.1) is 0 Å². The van der Waals surface area contributed by atoms with Gasteiger partial charge in [-0.05, 0) is 42.3 Å². The maximum atomic E-state index is 4.77. The summed E-state index contributed by atoms with van der Waals surface area (Å²) in [6.45, 7) is 3.23. The molecule has 0 fully saturated rings. The standard InChI is InChI=1S/C19H19BrN2/c1-2-3-14-22-18-7-5-4-6-17(18)21-19(22)13-10-15-8-11-16(20)12-9-15/h4-13H,2-3,14H2,1H3. The van der Waals surface area contributed by atoms with Gasteiger partial charge in [0, 0.05) is 11.0 Å². The van der Waals surface area contributed by atoms with Crippen molar-refractivity contribution in [1.82, 2.24) is 9.55 Å². The lowest BCUT2D eigenvalue weighted by molar-refractivity contribution is 0.641. The monoisotopic (exact) mass is 354 g/mol. The van der Waals surface area contributed by atoms with Crippen molar-refractivity contribution in [3.8, 4) is 0 Å². The number of rotatable bonds is 5. The Morgan fingerprint density at radius 1 is 1.05 bits per heavy atom. The van der Waals surface area contributed by atoms with Crippen LogP contribution in [-0.2, 0) is 6.54 Å². The number of benzene rings is 2. The molecule has 0 radical (unpaired) electrons. The Morgan fingerprint density at radius 2 is 1.82 bits per heavy atom. The average molecular weight is 355 g/mol. The molecule has 3 aromatic rings. The van der Waals surface area contributed by atoms with Crippen molar-refractivity contribution in [1.29, 1.82) is 0 Å². The third kappa shape index (κ3) is 3.30. The number of imidazole rings is 1. The molecule has 0 aliphatic heterocycles. The first-order valence-electron chi connectivity index (χ1n) is 7.67. The number of para-hydroxylation sites is 2. The second-order valence-electron chi connectivity index (χ2n) is 5.35. The Kier molecular flexibility index (Phi) is 4.74. The Morgan fingerprint density at radius 3 is 2.59 bits per heavy atom. The predicted octanol–water partition coefficient (Wildman–Crippen LogP) is 5.77. The van der Waals surface area contributed by atoms with Gasteiger partial charge in [0.05, 0.1) is 11.0 Å². The van der Waals surface area contributed by atoms with Gasteiger partial charge in [-0.1, -0.05) is 59.6 Å². The van der Waals surface area contributed by atoms with Crippen LogP contribution in [0.25, 0.3) is 23.2 Å². The van der Waals surface area contributed by atoms with Gasteiger partial charge in [0.25, 0.3) is 0 Å². The van der Waals surface area contributed by atoms with E-state index in [1.807, 2.05) is 6.07 Å². The fraction of sp³-hybridized carbons (Fsp3) is 0.211. The van der Waals surface area contributed by atoms with Gasteiger partial charge >= 0.3 is 0 Å². The highest BCUT2D eigenvalue weighted by molar-refractivity contribution is 9.10. The van der Waals surface area contributed by atoms with Crippen LogP contribution in [0, 0.1) is 0 Å². The largest absolute Gasteiger partial charge is 0.324 e. The summed E-state index contributed by atoms with van der Waals surface area (Å²) in [4.78, 5) is 4.77. The molecule has 0 bridgehead atoms. The zero-order chi connectivity index (χ0) is 15.4. The number of halogens is 1. The zero-order valence-electron chi connectivity index (χ0n) is 12.7. The molecule has 3 heteroatoms. The Labute approximate surface area is 139 Å². The van der Waals surface area contributed by atoms with Crippen molar-refractivity contribution in [3.63, 3.8) is 0 Å². The first-order valence-corrected chi connectivity index (χ1v) is 8.46. The van der Waals surface area contributed by atoms with Crippen LogP contribution in [0.15, 0.2) is 53.0 Å². The number of fused-ring (bicyclic) bond motifs is 1. The van der Waals surface area contributed by atoms with E-state index in [9.17, 15) is 0 Å². The second-order valence-corrected chi connectivity index (χ2v) is 6.26. The van der Waals surface area contributed by atoms with E-state index < -0.39 is 0 Å². The molecule has 0 unspecified atom stereocenters. The SMILES string of the molecule is CCCCn1c(C=Cc2ccc(Br)cc2)nc2ccccc21. The van der Waals surface area contributed by atoms with E-state index in [0.29, 0.717) is 0 Å². The average Bonchev–Trinajstić information content (AvgIpc) is 2.90. The summed E-state index contributed by atoms with van der Waals surface area (Å²) >= 11 is 3.46. The minimum atomic E-state index is 1.01. The second kappa shape index (κ2) is 6.93. The van der Waals surface area contributed by atoms with E-state index in [4.69, 9.17) is 4.98 Å². The fourth-order valence-electron chi connectivity index (χ4n) is 2.52. The van der Waals surface area contributed by atoms with Crippen LogP contribution >= 0.6 is 15.9 Å². The summed E-state index contributed by atoms with van der Waals surface area (Å²) in [5, 5.41) is 0. The highest BCUT2D eigenvalue weighted by Gasteiger charge is 2.07. The molecule has 3 rings (SSSR count). The van der Waals surface area contributed by atoms with Gasteiger partial charge in [0.2, 0.25) is 0 Å². The Hall–Kier alpha value is -1.87. The molecule has 22 heavy (non-hydrogen) atoms. The normalized spacial score (nSPS) is 11.5. The van der Waals surface area contributed by atoms with Gasteiger partial charge in [0.1, 0.15) is 5.82 Å². The molecule has 0 saturated carbocycles. The summed E-state index contributed by atoms with van der Waals surface area (Å²) < 4.78 is 3.41. The van der Waals surface area contributed by atoms with Crippen LogP contribution in [0.4, 0.5) is 0 Å². The predicted molar refractivity (Wildman–Crippen MR) is 97.7 cm³/mol. The Balaban J connectivity index is 1.96. The Bertz CT molecular complexity index is 785. The molecule has 0 aliphatic rings. The molecule has 0 atom stereocenters. The molecule has 112 valence electrons. The van der Waals surface area contributed by atoms with E-state index in [2.05, 4.69) is 82.0 Å². The number of nitrogens with zero attached hydrogens (tertiary/aromatic N) is 2. The zero-order valence-corrected chi connectivity index (χ0v) is 14.3. The lowest BCUT2D eigenvalue weighted by Gasteiger charge is -2.05. The maximum absolute atomic E-state index is 4.77. The molecule has 0 aliphatic carbocycles. The van der Waals surface area contributed by atoms with Crippen molar-refractivity contribution in [3.05, 3.63) is 64.4 Å². The molecule has 2 nitrogen and oxygen atoms in total. The summed E-state index contributed by atoms with van der Waals surface area (Å²) in [6.07, 6.45) is 6.58. The highest BCUT2D eigenvalue weighted by Crippen LogP contribution is 2.19. The molecular formula is C19H19BrN2. The first-order chi connectivity index (χ1) is 10.8. The number of aryl methyl sites for hydroxylation is 1. The van der Waals surface area contributed by atoms with Crippen molar-refractivity contribution in [2.75, 3.05) is 0 Å². The van der Waals surface area contributed by atoms with Crippen LogP contribution in [0.3, 0.4) is 0 Å². The first kappa shape index (κ1) is 15.0. The van der Waals surface area contributed by atoms with E-state index in [-0.39, 0.29) is 0 Å². The lowest BCUT2D eigenvalue weighted by Crippen LogP contribution is -2.00. The number of aromatic nitrogens is 2. The molecule has 1 aromatic heterocycles. The number of unbranched alkanes of at least 4 members (excludes halogenated alkanes) is 1. The summed E-state index contributed by atoms with van der Waals surface area (Å²) in [5.41, 5.74) is 3.46. The highest BCUT2D eigenvalue weighted by atomic mass is 79.9. The quantitative estimate of drug-likeness (QED) is 0.568. The fourth-order valence-corrected chi connectivity index (χ4v) is 2.78. The minimum absolute atomic E-state index is 1.01. The molecule has 0 spiro atoms. The van der Waals surface area contributed by atoms with E-state index in [1.165, 1.54) is 23.9 Å². The number of hydrogen-bond acceptors (Lipinski definition) is 1. The topological polar surface area (TPSA) is 17.8 Å². The van der Waals surface area contributed by atoms with Gasteiger partial charge in [0.15, 0.2) is 0 Å².